The summed E-state index contributed by atoms with van der Waals surface area (Å²) in [4.78, 5) is 16.4. The number of nitrogens with two attached hydrogens (primary N) is 1. The second-order valence-corrected chi connectivity index (χ2v) is 5.54. The molecule has 0 bridgehead atoms. The topological polar surface area (TPSA) is 76.6 Å². The molecule has 1 aromatic heterocycles. The van der Waals surface area contributed by atoms with Gasteiger partial charge >= 0.3 is 0 Å². The third-order valence-electron chi connectivity index (χ3n) is 3.73. The molecule has 1 aliphatic rings. The molecule has 0 aromatic carbocycles. The fourth-order valence-electron chi connectivity index (χ4n) is 2.65. The third kappa shape index (κ3) is 5.24. The van der Waals surface area contributed by atoms with Crippen molar-refractivity contribution in [3.8, 4) is 0 Å². The van der Waals surface area contributed by atoms with Crippen LogP contribution in [0, 0.1) is 0 Å². The van der Waals surface area contributed by atoms with Crippen molar-refractivity contribution in [2.24, 2.45) is 12.8 Å². The van der Waals surface area contributed by atoms with Gasteiger partial charge in [0.15, 0.2) is 0 Å². The van der Waals surface area contributed by atoms with Crippen molar-refractivity contribution in [3.63, 3.8) is 0 Å². The summed E-state index contributed by atoms with van der Waals surface area (Å²) in [6.07, 6.45) is 4.89. The molecule has 0 spiro atoms. The lowest BCUT2D eigenvalue weighted by Gasteiger charge is -2.24. The van der Waals surface area contributed by atoms with Crippen LogP contribution in [0.25, 0.3) is 0 Å². The lowest BCUT2D eigenvalue weighted by Crippen LogP contribution is -2.47. The first-order chi connectivity index (χ1) is 10.1. The fraction of sp³-hybridized carbons (Fsp3) is 0.714. The number of hydrogen-bond acceptors (Lipinski definition) is 5. The van der Waals surface area contributed by atoms with Crippen LogP contribution < -0.4 is 5.73 Å². The molecule has 2 rings (SSSR count). The number of methoxy groups -OCH3 is 1. The van der Waals surface area contributed by atoms with Gasteiger partial charge in [-0.1, -0.05) is 0 Å². The highest BCUT2D eigenvalue weighted by atomic mass is 35.5. The molecule has 2 N–H and O–H groups in total. The van der Waals surface area contributed by atoms with Gasteiger partial charge in [0.25, 0.3) is 0 Å². The molecule has 1 aliphatic heterocycles. The smallest absolute Gasteiger partial charge is 0.241 e. The lowest BCUT2D eigenvalue weighted by atomic mass is 10.2. The predicted molar refractivity (Wildman–Crippen MR) is 86.8 cm³/mol. The van der Waals surface area contributed by atoms with E-state index in [4.69, 9.17) is 10.5 Å². The van der Waals surface area contributed by atoms with Gasteiger partial charge in [0.1, 0.15) is 6.04 Å². The summed E-state index contributed by atoms with van der Waals surface area (Å²) in [5.41, 5.74) is 7.03. The molecule has 2 heterocycles. The van der Waals surface area contributed by atoms with Gasteiger partial charge < -0.3 is 15.4 Å². The van der Waals surface area contributed by atoms with E-state index in [1.165, 1.54) is 5.56 Å². The van der Waals surface area contributed by atoms with Crippen LogP contribution in [0.4, 0.5) is 0 Å². The van der Waals surface area contributed by atoms with E-state index in [0.717, 1.165) is 39.1 Å². The highest BCUT2D eigenvalue weighted by Gasteiger charge is 2.23. The highest BCUT2D eigenvalue weighted by molar-refractivity contribution is 5.85. The summed E-state index contributed by atoms with van der Waals surface area (Å²) in [5, 5.41) is 4.19. The van der Waals surface area contributed by atoms with Gasteiger partial charge in [0, 0.05) is 58.6 Å². The summed E-state index contributed by atoms with van der Waals surface area (Å²) in [6.45, 7) is 4.48. The monoisotopic (exact) mass is 331 g/mol. The normalized spacial score (nSPS) is 17.7. The number of hydrogen-bond donors (Lipinski definition) is 1. The van der Waals surface area contributed by atoms with Crippen molar-refractivity contribution >= 4 is 18.3 Å². The summed E-state index contributed by atoms with van der Waals surface area (Å²) in [5.74, 6) is -0.0138. The minimum Gasteiger partial charge on any atom is -0.383 e. The number of aromatic nitrogens is 2. The molecule has 126 valence electrons. The zero-order chi connectivity index (χ0) is 15.2. The number of aryl methyl sites for hydroxylation is 1. The number of amides is 1. The Morgan fingerprint density at radius 1 is 1.41 bits per heavy atom. The molecule has 1 unspecified atom stereocenters. The van der Waals surface area contributed by atoms with Crippen LogP contribution in [-0.4, -0.2) is 71.4 Å². The zero-order valence-electron chi connectivity index (χ0n) is 13.3. The summed E-state index contributed by atoms with van der Waals surface area (Å²) in [6, 6.07) is -0.556. The third-order valence-corrected chi connectivity index (χ3v) is 3.73. The molecular weight excluding hydrogens is 306 g/mol. The first-order valence-corrected chi connectivity index (χ1v) is 7.33. The van der Waals surface area contributed by atoms with Crippen LogP contribution in [0.1, 0.15) is 12.0 Å². The summed E-state index contributed by atoms with van der Waals surface area (Å²) in [7, 11) is 3.48. The maximum absolute atomic E-state index is 12.2. The molecule has 0 aliphatic carbocycles. The Morgan fingerprint density at radius 2 is 2.18 bits per heavy atom. The van der Waals surface area contributed by atoms with Gasteiger partial charge in [-0.15, -0.1) is 12.4 Å². The SMILES string of the molecule is COCC(N)C(=O)N1CCCN(Cc2cnn(C)c2)CC1.Cl. The predicted octanol–water partition coefficient (Wildman–Crippen LogP) is -0.150. The largest absolute Gasteiger partial charge is 0.383 e. The Kier molecular flexibility index (Phi) is 7.81. The number of carbonyl (C=O) groups is 1. The minimum atomic E-state index is -0.556. The maximum atomic E-state index is 12.2. The van der Waals surface area contributed by atoms with E-state index in [9.17, 15) is 4.79 Å². The molecular formula is C14H26ClN5O2. The van der Waals surface area contributed by atoms with Gasteiger partial charge in [0.2, 0.25) is 5.91 Å². The van der Waals surface area contributed by atoms with E-state index in [1.807, 2.05) is 29.0 Å². The average molecular weight is 332 g/mol. The molecule has 22 heavy (non-hydrogen) atoms. The molecule has 0 radical (unpaired) electrons. The van der Waals surface area contributed by atoms with Crippen LogP contribution in [-0.2, 0) is 23.1 Å². The van der Waals surface area contributed by atoms with Crippen molar-refractivity contribution in [1.29, 1.82) is 0 Å². The Balaban J connectivity index is 0.00000242. The molecule has 8 heteroatoms. The molecule has 1 atom stereocenters. The van der Waals surface area contributed by atoms with Gasteiger partial charge in [-0.05, 0) is 6.42 Å². The van der Waals surface area contributed by atoms with Gasteiger partial charge in [-0.2, -0.15) is 5.10 Å². The summed E-state index contributed by atoms with van der Waals surface area (Å²) < 4.78 is 6.77. The van der Waals surface area contributed by atoms with E-state index >= 15 is 0 Å². The van der Waals surface area contributed by atoms with Crippen molar-refractivity contribution in [2.45, 2.75) is 19.0 Å². The van der Waals surface area contributed by atoms with E-state index in [1.54, 1.807) is 7.11 Å². The minimum absolute atomic E-state index is 0. The zero-order valence-corrected chi connectivity index (χ0v) is 14.1. The molecule has 1 saturated heterocycles. The molecule has 1 amide bonds. The first-order valence-electron chi connectivity index (χ1n) is 7.33. The summed E-state index contributed by atoms with van der Waals surface area (Å²) >= 11 is 0. The van der Waals surface area contributed by atoms with Crippen LogP contribution in [0.3, 0.4) is 0 Å². The highest BCUT2D eigenvalue weighted by Crippen LogP contribution is 2.09. The van der Waals surface area contributed by atoms with E-state index in [0.29, 0.717) is 0 Å². The number of ether oxygens (including phenoxy) is 1. The van der Waals surface area contributed by atoms with Crippen molar-refractivity contribution < 1.29 is 9.53 Å². The molecule has 0 saturated carbocycles. The molecule has 7 nitrogen and oxygen atoms in total. The van der Waals surface area contributed by atoms with Crippen molar-refractivity contribution in [3.05, 3.63) is 18.0 Å². The standard InChI is InChI=1S/C14H25N5O2.ClH/c1-17-9-12(8-16-17)10-18-4-3-5-19(7-6-18)14(20)13(15)11-21-2;/h8-9,13H,3-7,10-11,15H2,1-2H3;1H. The van der Waals surface area contributed by atoms with Crippen LogP contribution in [0.5, 0.6) is 0 Å². The lowest BCUT2D eigenvalue weighted by molar-refractivity contribution is -0.133. The Bertz CT molecular complexity index is 468. The van der Waals surface area contributed by atoms with Crippen LogP contribution >= 0.6 is 12.4 Å². The fourth-order valence-corrected chi connectivity index (χ4v) is 2.65. The second kappa shape index (κ2) is 9.09. The van der Waals surface area contributed by atoms with E-state index in [-0.39, 0.29) is 24.9 Å². The van der Waals surface area contributed by atoms with Gasteiger partial charge in [-0.3, -0.25) is 14.4 Å². The number of rotatable bonds is 5. The van der Waals surface area contributed by atoms with Crippen molar-refractivity contribution in [1.82, 2.24) is 19.6 Å². The number of carbonyl (C=O) groups excluding carboxylic acids is 1. The van der Waals surface area contributed by atoms with E-state index < -0.39 is 6.04 Å². The Morgan fingerprint density at radius 3 is 2.82 bits per heavy atom. The van der Waals surface area contributed by atoms with Crippen LogP contribution in [0.2, 0.25) is 0 Å². The van der Waals surface area contributed by atoms with Gasteiger partial charge in [-0.25, -0.2) is 0 Å². The number of halogens is 1. The average Bonchev–Trinajstić information content (AvgIpc) is 2.73. The molecule has 1 fully saturated rings. The maximum Gasteiger partial charge on any atom is 0.241 e. The van der Waals surface area contributed by atoms with Crippen molar-refractivity contribution in [2.75, 3.05) is 39.9 Å². The molecule has 1 aromatic rings. The Hall–Kier alpha value is -1.15. The first kappa shape index (κ1) is 18.9. The van der Waals surface area contributed by atoms with E-state index in [2.05, 4.69) is 10.00 Å². The van der Waals surface area contributed by atoms with Crippen LogP contribution in [0.15, 0.2) is 12.4 Å². The van der Waals surface area contributed by atoms with Gasteiger partial charge in [0.05, 0.1) is 12.8 Å². The number of nitrogens with zero attached hydrogens (tertiary/aromatic N) is 4. The Labute approximate surface area is 137 Å². The second-order valence-electron chi connectivity index (χ2n) is 5.54. The quantitative estimate of drug-likeness (QED) is 0.812.